The third-order valence-electron chi connectivity index (χ3n) is 3.44. The molecular formula is C15H24O. The first-order valence-electron chi connectivity index (χ1n) is 6.37. The molecule has 90 valence electrons. The number of carbonyl (C=O) groups is 1. The van der Waals surface area contributed by atoms with Crippen LogP contribution in [0, 0.1) is 11.8 Å². The van der Waals surface area contributed by atoms with Crippen LogP contribution in [0.2, 0.25) is 0 Å². The van der Waals surface area contributed by atoms with E-state index in [2.05, 4.69) is 33.8 Å². The monoisotopic (exact) mass is 220 g/mol. The van der Waals surface area contributed by atoms with Crippen molar-refractivity contribution >= 4 is 5.78 Å². The van der Waals surface area contributed by atoms with E-state index in [4.69, 9.17) is 0 Å². The van der Waals surface area contributed by atoms with Crippen LogP contribution in [0.25, 0.3) is 0 Å². The molecule has 0 saturated carbocycles. The first-order valence-corrected chi connectivity index (χ1v) is 6.37. The second-order valence-corrected chi connectivity index (χ2v) is 5.37. The summed E-state index contributed by atoms with van der Waals surface area (Å²) in [6.07, 6.45) is 8.37. The van der Waals surface area contributed by atoms with E-state index in [0.29, 0.717) is 11.7 Å². The lowest BCUT2D eigenvalue weighted by Crippen LogP contribution is -2.19. The summed E-state index contributed by atoms with van der Waals surface area (Å²) in [6, 6.07) is 0. The van der Waals surface area contributed by atoms with Crippen molar-refractivity contribution in [2.75, 3.05) is 0 Å². The average Bonchev–Trinajstić information content (AvgIpc) is 2.16. The van der Waals surface area contributed by atoms with Gasteiger partial charge >= 0.3 is 0 Å². The summed E-state index contributed by atoms with van der Waals surface area (Å²) in [5.41, 5.74) is 2.66. The van der Waals surface area contributed by atoms with Crippen LogP contribution in [-0.4, -0.2) is 5.78 Å². The number of allylic oxidation sites excluding steroid dienone is 4. The summed E-state index contributed by atoms with van der Waals surface area (Å²) in [5, 5.41) is 0. The molecule has 16 heavy (non-hydrogen) atoms. The van der Waals surface area contributed by atoms with Crippen molar-refractivity contribution in [3.8, 4) is 0 Å². The zero-order valence-corrected chi connectivity index (χ0v) is 11.0. The van der Waals surface area contributed by atoms with Crippen LogP contribution in [0.4, 0.5) is 0 Å². The maximum absolute atomic E-state index is 12.1. The predicted octanol–water partition coefficient (Wildman–Crippen LogP) is 4.29. The molecule has 1 nitrogen and oxygen atoms in total. The van der Waals surface area contributed by atoms with Gasteiger partial charge in [-0.1, -0.05) is 31.1 Å². The van der Waals surface area contributed by atoms with Crippen molar-refractivity contribution < 1.29 is 4.79 Å². The van der Waals surface area contributed by atoms with E-state index in [-0.39, 0.29) is 5.92 Å². The first kappa shape index (κ1) is 13.2. The van der Waals surface area contributed by atoms with Gasteiger partial charge in [0, 0.05) is 5.92 Å². The van der Waals surface area contributed by atoms with Crippen molar-refractivity contribution in [2.45, 2.75) is 53.4 Å². The molecular weight excluding hydrogens is 196 g/mol. The Hall–Kier alpha value is -0.850. The van der Waals surface area contributed by atoms with Crippen LogP contribution in [0.15, 0.2) is 23.3 Å². The van der Waals surface area contributed by atoms with Gasteiger partial charge in [-0.05, 0) is 51.5 Å². The maximum Gasteiger partial charge on any atom is 0.158 e. The highest BCUT2D eigenvalue weighted by atomic mass is 16.1. The van der Waals surface area contributed by atoms with Gasteiger partial charge in [0.05, 0.1) is 0 Å². The Morgan fingerprint density at radius 3 is 2.50 bits per heavy atom. The van der Waals surface area contributed by atoms with Gasteiger partial charge in [-0.2, -0.15) is 0 Å². The summed E-state index contributed by atoms with van der Waals surface area (Å²) in [7, 11) is 0. The summed E-state index contributed by atoms with van der Waals surface area (Å²) >= 11 is 0. The lowest BCUT2D eigenvalue weighted by molar-refractivity contribution is -0.119. The molecule has 0 amide bonds. The van der Waals surface area contributed by atoms with Crippen molar-refractivity contribution in [1.82, 2.24) is 0 Å². The topological polar surface area (TPSA) is 17.1 Å². The Morgan fingerprint density at radius 2 is 1.88 bits per heavy atom. The van der Waals surface area contributed by atoms with Crippen LogP contribution < -0.4 is 0 Å². The smallest absolute Gasteiger partial charge is 0.158 e. The van der Waals surface area contributed by atoms with Crippen LogP contribution in [0.1, 0.15) is 53.4 Å². The molecule has 1 unspecified atom stereocenters. The summed E-state index contributed by atoms with van der Waals surface area (Å²) in [4.78, 5) is 12.1. The minimum atomic E-state index is 0.205. The van der Waals surface area contributed by atoms with Gasteiger partial charge in [0.1, 0.15) is 0 Å². The molecule has 0 saturated heterocycles. The normalized spacial score (nSPS) is 30.6. The molecule has 0 aromatic heterocycles. The first-order chi connectivity index (χ1) is 7.50. The zero-order valence-electron chi connectivity index (χ0n) is 11.0. The lowest BCUT2D eigenvalue weighted by Gasteiger charge is -2.19. The van der Waals surface area contributed by atoms with E-state index in [1.807, 2.05) is 6.08 Å². The Bertz CT molecular complexity index is 307. The number of carbonyl (C=O) groups excluding carboxylic acids is 1. The molecule has 0 bridgehead atoms. The van der Waals surface area contributed by atoms with E-state index in [1.165, 1.54) is 11.1 Å². The Balaban J connectivity index is 2.85. The number of rotatable bonds is 1. The molecule has 1 atom stereocenters. The number of ketones is 1. The van der Waals surface area contributed by atoms with Gasteiger partial charge in [0.15, 0.2) is 5.78 Å². The highest BCUT2D eigenvalue weighted by molar-refractivity contribution is 5.92. The van der Waals surface area contributed by atoms with Gasteiger partial charge in [-0.3, -0.25) is 4.79 Å². The van der Waals surface area contributed by atoms with E-state index in [9.17, 15) is 4.79 Å². The third kappa shape index (κ3) is 3.96. The molecule has 0 aromatic carbocycles. The van der Waals surface area contributed by atoms with Crippen molar-refractivity contribution in [3.05, 3.63) is 23.3 Å². The minimum Gasteiger partial charge on any atom is -0.295 e. The van der Waals surface area contributed by atoms with Crippen molar-refractivity contribution in [1.29, 1.82) is 0 Å². The van der Waals surface area contributed by atoms with E-state index < -0.39 is 0 Å². The third-order valence-corrected chi connectivity index (χ3v) is 3.44. The quantitative estimate of drug-likeness (QED) is 0.602. The highest BCUT2D eigenvalue weighted by Crippen LogP contribution is 2.24. The molecule has 0 aromatic rings. The van der Waals surface area contributed by atoms with Crippen molar-refractivity contribution in [3.63, 3.8) is 0 Å². The van der Waals surface area contributed by atoms with E-state index in [0.717, 1.165) is 25.7 Å². The van der Waals surface area contributed by atoms with Crippen molar-refractivity contribution in [2.24, 2.45) is 11.8 Å². The fourth-order valence-electron chi connectivity index (χ4n) is 2.26. The second kappa shape index (κ2) is 6.03. The fraction of sp³-hybridized carbons (Fsp3) is 0.667. The minimum absolute atomic E-state index is 0.205. The van der Waals surface area contributed by atoms with E-state index in [1.54, 1.807) is 0 Å². The largest absolute Gasteiger partial charge is 0.295 e. The fourth-order valence-corrected chi connectivity index (χ4v) is 2.26. The van der Waals surface area contributed by atoms with Gasteiger partial charge < -0.3 is 0 Å². The molecule has 1 aliphatic rings. The second-order valence-electron chi connectivity index (χ2n) is 5.37. The Kier molecular flexibility index (Phi) is 4.98. The van der Waals surface area contributed by atoms with Gasteiger partial charge in [0.25, 0.3) is 0 Å². The zero-order chi connectivity index (χ0) is 12.1. The van der Waals surface area contributed by atoms with Gasteiger partial charge in [0.2, 0.25) is 0 Å². The molecule has 1 heteroatoms. The summed E-state index contributed by atoms with van der Waals surface area (Å²) in [6.45, 7) is 8.55. The summed E-state index contributed by atoms with van der Waals surface area (Å²) in [5.74, 6) is 0.988. The average molecular weight is 220 g/mol. The molecule has 0 aliphatic heterocycles. The molecule has 1 aliphatic carbocycles. The number of hydrogen-bond donors (Lipinski definition) is 0. The van der Waals surface area contributed by atoms with Gasteiger partial charge in [-0.25, -0.2) is 0 Å². The Labute approximate surface area is 99.6 Å². The lowest BCUT2D eigenvalue weighted by atomic mass is 9.84. The Morgan fingerprint density at radius 1 is 1.19 bits per heavy atom. The SMILES string of the molecule is C/C1=C/C(=O)C(C(C)C)CC/C(C)=C/CC1. The number of hydrogen-bond acceptors (Lipinski definition) is 1. The van der Waals surface area contributed by atoms with Gasteiger partial charge in [-0.15, -0.1) is 0 Å². The molecule has 0 heterocycles. The summed E-state index contributed by atoms with van der Waals surface area (Å²) < 4.78 is 0. The van der Waals surface area contributed by atoms with Crippen LogP contribution in [0.3, 0.4) is 0 Å². The molecule has 0 fully saturated rings. The standard InChI is InChI=1S/C15H24O/c1-11(2)14-9-8-12(3)6-5-7-13(4)10-15(14)16/h6,10-11,14H,5,7-9H2,1-4H3/b12-6+,13-10-. The highest BCUT2D eigenvalue weighted by Gasteiger charge is 2.20. The van der Waals surface area contributed by atoms with Crippen LogP contribution in [-0.2, 0) is 4.79 Å². The van der Waals surface area contributed by atoms with Crippen LogP contribution >= 0.6 is 0 Å². The molecule has 0 radical (unpaired) electrons. The molecule has 1 rings (SSSR count). The van der Waals surface area contributed by atoms with Crippen LogP contribution in [0.5, 0.6) is 0 Å². The van der Waals surface area contributed by atoms with E-state index >= 15 is 0 Å². The predicted molar refractivity (Wildman–Crippen MR) is 69.3 cm³/mol. The molecule has 0 N–H and O–H groups in total. The molecule has 0 spiro atoms. The maximum atomic E-state index is 12.1.